The average molecular weight is 543 g/mol. The molecule has 2 aromatic rings. The molecule has 9 heteroatoms. The summed E-state index contributed by atoms with van der Waals surface area (Å²) in [5.41, 5.74) is 1.21. The van der Waals surface area contributed by atoms with Crippen LogP contribution in [0.2, 0.25) is 10.0 Å². The van der Waals surface area contributed by atoms with E-state index in [9.17, 15) is 9.59 Å². The fourth-order valence-corrected chi connectivity index (χ4v) is 4.78. The van der Waals surface area contributed by atoms with E-state index in [4.69, 9.17) is 32.7 Å². The third-order valence-corrected chi connectivity index (χ3v) is 6.43. The number of amides is 2. The molecule has 0 aliphatic carbocycles. The first-order valence-corrected chi connectivity index (χ1v) is 11.6. The normalized spacial score (nSPS) is 15.0. The van der Waals surface area contributed by atoms with E-state index in [1.807, 2.05) is 6.92 Å². The number of nitrogens with zero attached hydrogens (tertiary/aromatic N) is 1. The summed E-state index contributed by atoms with van der Waals surface area (Å²) in [5.74, 6) is 0.652. The molecular formula is C22H18BrCl2NO4S. The summed E-state index contributed by atoms with van der Waals surface area (Å²) < 4.78 is 12.0. The lowest BCUT2D eigenvalue weighted by Crippen LogP contribution is -2.27. The van der Waals surface area contributed by atoms with Crippen molar-refractivity contribution in [2.24, 2.45) is 0 Å². The van der Waals surface area contributed by atoms with Crippen molar-refractivity contribution in [3.8, 4) is 11.5 Å². The first kappa shape index (κ1) is 23.7. The number of rotatable bonds is 8. The molecule has 5 nitrogen and oxygen atoms in total. The molecule has 162 valence electrons. The van der Waals surface area contributed by atoms with Gasteiger partial charge in [0.2, 0.25) is 0 Å². The zero-order valence-electron chi connectivity index (χ0n) is 16.5. The Kier molecular flexibility index (Phi) is 8.11. The number of carbonyl (C=O) groups excluding carboxylic acids is 2. The predicted molar refractivity (Wildman–Crippen MR) is 129 cm³/mol. The number of hydrogen-bond acceptors (Lipinski definition) is 5. The summed E-state index contributed by atoms with van der Waals surface area (Å²) in [6, 6.07) is 8.59. The van der Waals surface area contributed by atoms with Gasteiger partial charge in [0.05, 0.1) is 22.5 Å². The summed E-state index contributed by atoms with van der Waals surface area (Å²) >= 11 is 16.7. The minimum atomic E-state index is -0.410. The smallest absolute Gasteiger partial charge is 0.293 e. The van der Waals surface area contributed by atoms with Crippen LogP contribution < -0.4 is 9.47 Å². The number of benzene rings is 2. The molecule has 1 saturated heterocycles. The van der Waals surface area contributed by atoms with Crippen molar-refractivity contribution in [2.45, 2.75) is 13.5 Å². The van der Waals surface area contributed by atoms with Crippen LogP contribution >= 0.6 is 50.9 Å². The lowest BCUT2D eigenvalue weighted by molar-refractivity contribution is -0.123. The SMILES string of the molecule is C=CCOc1c(Br)cc(/C=C2/SC(=O)N(Cc3c(Cl)cccc3Cl)C2=O)cc1OCC. The lowest BCUT2D eigenvalue weighted by Gasteiger charge is -2.15. The van der Waals surface area contributed by atoms with Gasteiger partial charge in [-0.25, -0.2) is 0 Å². The van der Waals surface area contributed by atoms with Gasteiger partial charge in [0.15, 0.2) is 11.5 Å². The third-order valence-electron chi connectivity index (χ3n) is 4.23. The number of carbonyl (C=O) groups is 2. The molecule has 0 radical (unpaired) electrons. The van der Waals surface area contributed by atoms with Gasteiger partial charge in [-0.05, 0) is 70.5 Å². The van der Waals surface area contributed by atoms with Crippen LogP contribution in [0.3, 0.4) is 0 Å². The number of ether oxygens (including phenoxy) is 2. The molecule has 1 aliphatic rings. The largest absolute Gasteiger partial charge is 0.490 e. The molecular weight excluding hydrogens is 525 g/mol. The Morgan fingerprint density at radius 1 is 1.19 bits per heavy atom. The Balaban J connectivity index is 1.89. The monoisotopic (exact) mass is 541 g/mol. The number of thioether (sulfide) groups is 1. The van der Waals surface area contributed by atoms with E-state index in [-0.39, 0.29) is 11.8 Å². The van der Waals surface area contributed by atoms with Crippen LogP contribution in [-0.2, 0) is 11.3 Å². The summed E-state index contributed by atoms with van der Waals surface area (Å²) in [7, 11) is 0. The van der Waals surface area contributed by atoms with Gasteiger partial charge < -0.3 is 9.47 Å². The van der Waals surface area contributed by atoms with Crippen molar-refractivity contribution < 1.29 is 19.1 Å². The second-order valence-corrected chi connectivity index (χ2v) is 8.99. The second-order valence-electron chi connectivity index (χ2n) is 6.33. The van der Waals surface area contributed by atoms with E-state index >= 15 is 0 Å². The van der Waals surface area contributed by atoms with Gasteiger partial charge in [0, 0.05) is 15.6 Å². The predicted octanol–water partition coefficient (Wildman–Crippen LogP) is 6.96. The molecule has 1 heterocycles. The Morgan fingerprint density at radius 2 is 1.90 bits per heavy atom. The van der Waals surface area contributed by atoms with Crippen LogP contribution in [0.5, 0.6) is 11.5 Å². The van der Waals surface area contributed by atoms with Crippen molar-refractivity contribution in [1.82, 2.24) is 4.90 Å². The maximum absolute atomic E-state index is 12.9. The molecule has 31 heavy (non-hydrogen) atoms. The minimum absolute atomic E-state index is 0.00271. The van der Waals surface area contributed by atoms with Gasteiger partial charge in [-0.1, -0.05) is 41.9 Å². The number of imide groups is 1. The standard InChI is InChI=1S/C22H18BrCl2NO4S/c1-3-8-30-20-15(23)9-13(10-18(20)29-4-2)11-19-21(27)26(22(28)31-19)12-14-16(24)6-5-7-17(14)25/h3,5-7,9-11H,1,4,8,12H2,2H3/b19-11+. The summed E-state index contributed by atoms with van der Waals surface area (Å²) in [6.07, 6.45) is 3.28. The molecule has 2 aromatic carbocycles. The zero-order valence-corrected chi connectivity index (χ0v) is 20.4. The summed E-state index contributed by atoms with van der Waals surface area (Å²) in [5, 5.41) is 0.411. The van der Waals surface area contributed by atoms with Crippen molar-refractivity contribution >= 4 is 68.1 Å². The van der Waals surface area contributed by atoms with Gasteiger partial charge >= 0.3 is 0 Å². The highest BCUT2D eigenvalue weighted by atomic mass is 79.9. The van der Waals surface area contributed by atoms with Crippen LogP contribution in [0, 0.1) is 0 Å². The maximum Gasteiger partial charge on any atom is 0.293 e. The van der Waals surface area contributed by atoms with Crippen molar-refractivity contribution in [3.05, 3.63) is 73.5 Å². The fourth-order valence-electron chi connectivity index (χ4n) is 2.85. The zero-order chi connectivity index (χ0) is 22.5. The minimum Gasteiger partial charge on any atom is -0.490 e. The molecule has 0 unspecified atom stereocenters. The molecule has 0 N–H and O–H groups in total. The molecule has 2 amide bonds. The molecule has 0 spiro atoms. The van der Waals surface area contributed by atoms with Crippen LogP contribution in [0.1, 0.15) is 18.1 Å². The summed E-state index contributed by atoms with van der Waals surface area (Å²) in [6.45, 7) is 6.27. The maximum atomic E-state index is 12.9. The van der Waals surface area contributed by atoms with E-state index in [0.717, 1.165) is 16.7 Å². The van der Waals surface area contributed by atoms with Crippen LogP contribution in [0.15, 0.2) is 52.4 Å². The molecule has 0 atom stereocenters. The molecule has 0 aromatic heterocycles. The van der Waals surface area contributed by atoms with E-state index in [1.54, 1.807) is 42.5 Å². The van der Waals surface area contributed by atoms with Crippen molar-refractivity contribution in [3.63, 3.8) is 0 Å². The fraction of sp³-hybridized carbons (Fsp3) is 0.182. The van der Waals surface area contributed by atoms with Crippen LogP contribution in [0.4, 0.5) is 4.79 Å². The molecule has 0 bridgehead atoms. The van der Waals surface area contributed by atoms with E-state index < -0.39 is 5.91 Å². The Bertz CT molecular complexity index is 1050. The summed E-state index contributed by atoms with van der Waals surface area (Å²) in [4.78, 5) is 26.8. The molecule has 1 fully saturated rings. The average Bonchev–Trinajstić information content (AvgIpc) is 2.97. The third kappa shape index (κ3) is 5.47. The Labute approximate surface area is 203 Å². The highest BCUT2D eigenvalue weighted by molar-refractivity contribution is 9.10. The number of halogens is 3. The number of hydrogen-bond donors (Lipinski definition) is 0. The Morgan fingerprint density at radius 3 is 2.55 bits per heavy atom. The van der Waals surface area contributed by atoms with E-state index in [0.29, 0.717) is 55.3 Å². The van der Waals surface area contributed by atoms with Crippen LogP contribution in [0.25, 0.3) is 6.08 Å². The highest BCUT2D eigenvalue weighted by Gasteiger charge is 2.35. The quantitative estimate of drug-likeness (QED) is 0.266. The van der Waals surface area contributed by atoms with Gasteiger partial charge in [0.1, 0.15) is 6.61 Å². The first-order valence-electron chi connectivity index (χ1n) is 9.24. The molecule has 0 saturated carbocycles. The van der Waals surface area contributed by atoms with Crippen LogP contribution in [-0.4, -0.2) is 29.3 Å². The van der Waals surface area contributed by atoms with Gasteiger partial charge in [-0.15, -0.1) is 0 Å². The van der Waals surface area contributed by atoms with Gasteiger partial charge in [0.25, 0.3) is 11.1 Å². The first-order chi connectivity index (χ1) is 14.8. The topological polar surface area (TPSA) is 55.8 Å². The molecule has 3 rings (SSSR count). The lowest BCUT2D eigenvalue weighted by atomic mass is 10.1. The Hall–Kier alpha value is -1.93. The van der Waals surface area contributed by atoms with E-state index in [1.165, 1.54) is 0 Å². The highest BCUT2D eigenvalue weighted by Crippen LogP contribution is 2.40. The van der Waals surface area contributed by atoms with Gasteiger partial charge in [-0.3, -0.25) is 14.5 Å². The van der Waals surface area contributed by atoms with Crippen molar-refractivity contribution in [1.29, 1.82) is 0 Å². The second kappa shape index (κ2) is 10.6. The molecule has 1 aliphatic heterocycles. The van der Waals surface area contributed by atoms with E-state index in [2.05, 4.69) is 22.5 Å². The van der Waals surface area contributed by atoms with Crippen molar-refractivity contribution in [2.75, 3.05) is 13.2 Å². The van der Waals surface area contributed by atoms with Gasteiger partial charge in [-0.2, -0.15) is 0 Å².